The van der Waals surface area contributed by atoms with Gasteiger partial charge >= 0.3 is 0 Å². The monoisotopic (exact) mass is 388 g/mol. The van der Waals surface area contributed by atoms with Crippen molar-refractivity contribution in [2.75, 3.05) is 26.7 Å². The number of hydrogen-bond donors (Lipinski definition) is 1. The molecule has 0 spiro atoms. The summed E-state index contributed by atoms with van der Waals surface area (Å²) in [6, 6.07) is 13.0. The van der Waals surface area contributed by atoms with Crippen LogP contribution in [0, 0.1) is 0 Å². The minimum absolute atomic E-state index is 0. The Morgan fingerprint density at radius 3 is 2.81 bits per heavy atom. The molecule has 142 valence electrons. The molecule has 3 aromatic rings. The molecule has 0 radical (unpaired) electrons. The van der Waals surface area contributed by atoms with Gasteiger partial charge in [0, 0.05) is 31.3 Å². The summed E-state index contributed by atoms with van der Waals surface area (Å²) < 4.78 is 6.71. The van der Waals surface area contributed by atoms with E-state index >= 15 is 0 Å². The summed E-state index contributed by atoms with van der Waals surface area (Å²) in [5, 5.41) is 11.8. The normalized spacial score (nSPS) is 17.4. The number of aromatic nitrogens is 4. The van der Waals surface area contributed by atoms with Crippen molar-refractivity contribution in [1.82, 2.24) is 30.1 Å². The summed E-state index contributed by atoms with van der Waals surface area (Å²) in [6.45, 7) is 2.80. The van der Waals surface area contributed by atoms with Crippen molar-refractivity contribution >= 4 is 12.4 Å². The van der Waals surface area contributed by atoms with Crippen LogP contribution in [0.4, 0.5) is 0 Å². The first-order valence-corrected chi connectivity index (χ1v) is 8.58. The van der Waals surface area contributed by atoms with E-state index in [4.69, 9.17) is 4.52 Å². The highest BCUT2D eigenvalue weighted by Crippen LogP contribution is 2.18. The molecule has 1 saturated heterocycles. The maximum atomic E-state index is 12.2. The average Bonchev–Trinajstić information content (AvgIpc) is 3.13. The molecule has 3 heterocycles. The Kier molecular flexibility index (Phi) is 6.00. The van der Waals surface area contributed by atoms with Gasteiger partial charge in [-0.3, -0.25) is 9.69 Å². The summed E-state index contributed by atoms with van der Waals surface area (Å²) in [5.74, 6) is 1.00. The first-order valence-electron chi connectivity index (χ1n) is 8.58. The smallest absolute Gasteiger partial charge is 0.267 e. The Bertz CT molecular complexity index is 942. The van der Waals surface area contributed by atoms with E-state index in [0.29, 0.717) is 11.7 Å². The largest absolute Gasteiger partial charge is 0.337 e. The standard InChI is InChI=1S/C18H20N6O2.ClH/c1-23-10-9-19-11-15(23)18-20-16(26-22-18)12-24-17(25)8-7-14(21-24)13-5-3-2-4-6-13;/h2-8,15,19H,9-12H2,1H3;1H. The predicted molar refractivity (Wildman–Crippen MR) is 103 cm³/mol. The Balaban J connectivity index is 0.00000210. The molecule has 8 nitrogen and oxygen atoms in total. The van der Waals surface area contributed by atoms with Gasteiger partial charge in [-0.2, -0.15) is 10.1 Å². The van der Waals surface area contributed by atoms with Crippen LogP contribution in [0.3, 0.4) is 0 Å². The average molecular weight is 389 g/mol. The molecule has 1 aliphatic rings. The molecule has 1 aliphatic heterocycles. The summed E-state index contributed by atoms with van der Waals surface area (Å²) in [5.41, 5.74) is 1.46. The van der Waals surface area contributed by atoms with Crippen LogP contribution < -0.4 is 10.9 Å². The fourth-order valence-electron chi connectivity index (χ4n) is 3.02. The molecule has 0 aliphatic carbocycles. The van der Waals surface area contributed by atoms with E-state index < -0.39 is 0 Å². The molecule has 1 unspecified atom stereocenters. The molecular formula is C18H21ClN6O2. The van der Waals surface area contributed by atoms with Crippen LogP contribution in [0.2, 0.25) is 0 Å². The molecule has 0 saturated carbocycles. The van der Waals surface area contributed by atoms with Crippen LogP contribution in [0.1, 0.15) is 17.8 Å². The topological polar surface area (TPSA) is 89.1 Å². The van der Waals surface area contributed by atoms with Crippen molar-refractivity contribution in [3.63, 3.8) is 0 Å². The van der Waals surface area contributed by atoms with Gasteiger partial charge in [0.05, 0.1) is 11.7 Å². The van der Waals surface area contributed by atoms with Gasteiger partial charge in [-0.15, -0.1) is 12.4 Å². The van der Waals surface area contributed by atoms with Crippen LogP contribution in [0.15, 0.2) is 51.8 Å². The molecule has 1 atom stereocenters. The van der Waals surface area contributed by atoms with E-state index in [2.05, 4.69) is 25.5 Å². The first kappa shape index (κ1) is 19.2. The molecule has 4 rings (SSSR count). The Morgan fingerprint density at radius 1 is 1.22 bits per heavy atom. The number of piperazine rings is 1. The van der Waals surface area contributed by atoms with Crippen LogP contribution in [0.25, 0.3) is 11.3 Å². The van der Waals surface area contributed by atoms with Crippen molar-refractivity contribution in [3.8, 4) is 11.3 Å². The molecular weight excluding hydrogens is 368 g/mol. The fourth-order valence-corrected chi connectivity index (χ4v) is 3.02. The summed E-state index contributed by atoms with van der Waals surface area (Å²) in [7, 11) is 2.04. The van der Waals surface area contributed by atoms with Crippen molar-refractivity contribution < 1.29 is 4.52 Å². The van der Waals surface area contributed by atoms with E-state index in [1.54, 1.807) is 6.07 Å². The van der Waals surface area contributed by atoms with Crippen LogP contribution in [0.5, 0.6) is 0 Å². The Labute approximate surface area is 162 Å². The van der Waals surface area contributed by atoms with Gasteiger partial charge in [0.15, 0.2) is 5.82 Å². The van der Waals surface area contributed by atoms with Gasteiger partial charge in [-0.1, -0.05) is 35.5 Å². The van der Waals surface area contributed by atoms with E-state index in [0.717, 1.165) is 30.9 Å². The van der Waals surface area contributed by atoms with Gasteiger partial charge in [0.25, 0.3) is 5.56 Å². The number of halogens is 1. The Hall–Kier alpha value is -2.55. The summed E-state index contributed by atoms with van der Waals surface area (Å²) in [6.07, 6.45) is 0. The second kappa shape index (κ2) is 8.43. The van der Waals surface area contributed by atoms with E-state index in [-0.39, 0.29) is 30.6 Å². The highest BCUT2D eigenvalue weighted by atomic mass is 35.5. The third kappa shape index (κ3) is 4.24. The zero-order valence-corrected chi connectivity index (χ0v) is 15.7. The van der Waals surface area contributed by atoms with Crippen LogP contribution in [-0.2, 0) is 6.54 Å². The fraction of sp³-hybridized carbons (Fsp3) is 0.333. The van der Waals surface area contributed by atoms with E-state index in [1.807, 2.05) is 37.4 Å². The summed E-state index contributed by atoms with van der Waals surface area (Å²) >= 11 is 0. The van der Waals surface area contributed by atoms with Crippen LogP contribution in [-0.4, -0.2) is 51.5 Å². The molecule has 0 bridgehead atoms. The van der Waals surface area contributed by atoms with Crippen molar-refractivity contribution in [2.24, 2.45) is 0 Å². The van der Waals surface area contributed by atoms with Gasteiger partial charge in [-0.05, 0) is 13.1 Å². The number of hydrogen-bond acceptors (Lipinski definition) is 7. The molecule has 27 heavy (non-hydrogen) atoms. The lowest BCUT2D eigenvalue weighted by atomic mass is 10.1. The highest BCUT2D eigenvalue weighted by Gasteiger charge is 2.25. The van der Waals surface area contributed by atoms with Gasteiger partial charge < -0.3 is 9.84 Å². The van der Waals surface area contributed by atoms with Crippen molar-refractivity contribution in [3.05, 3.63) is 64.5 Å². The summed E-state index contributed by atoms with van der Waals surface area (Å²) in [4.78, 5) is 18.8. The molecule has 0 amide bonds. The minimum Gasteiger partial charge on any atom is -0.337 e. The number of rotatable bonds is 4. The third-order valence-electron chi connectivity index (χ3n) is 4.51. The Morgan fingerprint density at radius 2 is 2.04 bits per heavy atom. The van der Waals surface area contributed by atoms with Gasteiger partial charge in [0.2, 0.25) is 5.89 Å². The number of nitrogens with one attached hydrogen (secondary N) is 1. The van der Waals surface area contributed by atoms with Gasteiger partial charge in [-0.25, -0.2) is 4.68 Å². The predicted octanol–water partition coefficient (Wildman–Crippen LogP) is 1.34. The zero-order chi connectivity index (χ0) is 17.9. The second-order valence-corrected chi connectivity index (χ2v) is 6.33. The number of nitrogens with zero attached hydrogens (tertiary/aromatic N) is 5. The SMILES string of the molecule is CN1CCNCC1c1noc(Cn2nc(-c3ccccc3)ccc2=O)n1.Cl. The molecule has 1 fully saturated rings. The first-order chi connectivity index (χ1) is 12.7. The molecule has 2 aromatic heterocycles. The maximum Gasteiger partial charge on any atom is 0.267 e. The van der Waals surface area contributed by atoms with Gasteiger partial charge in [0.1, 0.15) is 6.54 Å². The minimum atomic E-state index is -0.208. The number of benzene rings is 1. The molecule has 9 heteroatoms. The van der Waals surface area contributed by atoms with Crippen LogP contribution >= 0.6 is 12.4 Å². The van der Waals surface area contributed by atoms with Crippen molar-refractivity contribution in [1.29, 1.82) is 0 Å². The van der Waals surface area contributed by atoms with Crippen molar-refractivity contribution in [2.45, 2.75) is 12.6 Å². The lowest BCUT2D eigenvalue weighted by molar-refractivity contribution is 0.190. The zero-order valence-electron chi connectivity index (χ0n) is 14.9. The second-order valence-electron chi connectivity index (χ2n) is 6.33. The molecule has 1 N–H and O–H groups in total. The highest BCUT2D eigenvalue weighted by molar-refractivity contribution is 5.85. The third-order valence-corrected chi connectivity index (χ3v) is 4.51. The lowest BCUT2D eigenvalue weighted by Crippen LogP contribution is -2.44. The maximum absolute atomic E-state index is 12.2. The lowest BCUT2D eigenvalue weighted by Gasteiger charge is -2.30. The quantitative estimate of drug-likeness (QED) is 0.721. The molecule has 1 aromatic carbocycles. The van der Waals surface area contributed by atoms with E-state index in [9.17, 15) is 4.79 Å². The van der Waals surface area contributed by atoms with E-state index in [1.165, 1.54) is 10.7 Å². The number of likely N-dealkylation sites (N-methyl/N-ethyl adjacent to an activating group) is 1.